The number of nitrogens with zero attached hydrogens (tertiary/aromatic N) is 3. The highest BCUT2D eigenvalue weighted by atomic mass is 32.2. The maximum Gasteiger partial charge on any atom is 0.256 e. The van der Waals surface area contributed by atoms with Crippen molar-refractivity contribution in [3.63, 3.8) is 0 Å². The minimum absolute atomic E-state index is 0.134. The van der Waals surface area contributed by atoms with Crippen molar-refractivity contribution in [2.24, 2.45) is 0 Å². The molecule has 0 saturated carbocycles. The molecule has 1 aliphatic heterocycles. The van der Waals surface area contributed by atoms with E-state index in [1.807, 2.05) is 0 Å². The number of hydrogen-bond acceptors (Lipinski definition) is 5. The predicted molar refractivity (Wildman–Crippen MR) is 96.6 cm³/mol. The van der Waals surface area contributed by atoms with Gasteiger partial charge in [0.15, 0.2) is 9.84 Å². The highest BCUT2D eigenvalue weighted by Gasteiger charge is 2.36. The van der Waals surface area contributed by atoms with Gasteiger partial charge in [0, 0.05) is 24.3 Å². The molecule has 3 rings (SSSR count). The Balaban J connectivity index is 1.72. The van der Waals surface area contributed by atoms with E-state index in [1.54, 1.807) is 44.2 Å². The third kappa shape index (κ3) is 3.41. The average molecular weight is 375 g/mol. The monoisotopic (exact) mass is 375 g/mol. The van der Waals surface area contributed by atoms with Crippen molar-refractivity contribution >= 4 is 15.7 Å². The molecular formula is C18H21N3O4S. The van der Waals surface area contributed by atoms with Crippen LogP contribution in [0.3, 0.4) is 0 Å². The van der Waals surface area contributed by atoms with E-state index in [1.165, 1.54) is 15.8 Å². The number of carbonyl (C=O) groups excluding carboxylic acids is 1. The lowest BCUT2D eigenvalue weighted by Crippen LogP contribution is -2.37. The SMILES string of the molecule is Cc1ncn(CC(=O)N2CCC(S(=O)(=O)c3ccccc3)C2)c(=O)c1C. The molecule has 0 spiro atoms. The number of hydrogen-bond donors (Lipinski definition) is 0. The second-order valence-electron chi connectivity index (χ2n) is 6.50. The fourth-order valence-corrected chi connectivity index (χ4v) is 4.76. The zero-order valence-corrected chi connectivity index (χ0v) is 15.6. The molecule has 7 nitrogen and oxygen atoms in total. The first kappa shape index (κ1) is 18.3. The van der Waals surface area contributed by atoms with Gasteiger partial charge >= 0.3 is 0 Å². The summed E-state index contributed by atoms with van der Waals surface area (Å²) in [4.78, 5) is 30.6. The van der Waals surface area contributed by atoms with Gasteiger partial charge in [-0.15, -0.1) is 0 Å². The van der Waals surface area contributed by atoms with E-state index >= 15 is 0 Å². The van der Waals surface area contributed by atoms with Crippen LogP contribution in [0.25, 0.3) is 0 Å². The summed E-state index contributed by atoms with van der Waals surface area (Å²) in [5.41, 5.74) is 0.888. The van der Waals surface area contributed by atoms with Crippen LogP contribution in [0.2, 0.25) is 0 Å². The van der Waals surface area contributed by atoms with Crippen LogP contribution in [-0.4, -0.2) is 47.1 Å². The summed E-state index contributed by atoms with van der Waals surface area (Å²) in [5.74, 6) is -0.275. The molecule has 1 aromatic carbocycles. The lowest BCUT2D eigenvalue weighted by atomic mass is 10.3. The maximum absolute atomic E-state index is 12.7. The summed E-state index contributed by atoms with van der Waals surface area (Å²) in [5, 5.41) is -0.622. The molecule has 0 radical (unpaired) electrons. The molecule has 2 aromatic rings. The predicted octanol–water partition coefficient (Wildman–Crippen LogP) is 0.935. The van der Waals surface area contributed by atoms with Crippen molar-refractivity contribution in [2.45, 2.75) is 37.0 Å². The molecule has 0 aliphatic carbocycles. The summed E-state index contributed by atoms with van der Waals surface area (Å²) in [6, 6.07) is 8.27. The Kier molecular flexibility index (Phi) is 4.95. The quantitative estimate of drug-likeness (QED) is 0.793. The average Bonchev–Trinajstić information content (AvgIpc) is 3.14. The third-order valence-corrected chi connectivity index (χ3v) is 7.02. The summed E-state index contributed by atoms with van der Waals surface area (Å²) < 4.78 is 26.7. The Labute approximate surface area is 152 Å². The van der Waals surface area contributed by atoms with Crippen LogP contribution in [0.5, 0.6) is 0 Å². The smallest absolute Gasteiger partial charge is 0.256 e. The van der Waals surface area contributed by atoms with Gasteiger partial charge in [-0.25, -0.2) is 13.4 Å². The number of rotatable bonds is 4. The van der Waals surface area contributed by atoms with Crippen LogP contribution in [0.15, 0.2) is 46.3 Å². The Morgan fingerprint density at radius 3 is 2.62 bits per heavy atom. The van der Waals surface area contributed by atoms with Gasteiger partial charge in [0.2, 0.25) is 5.91 Å². The van der Waals surface area contributed by atoms with Gasteiger partial charge < -0.3 is 4.90 Å². The normalized spacial score (nSPS) is 17.5. The molecule has 1 atom stereocenters. The second-order valence-corrected chi connectivity index (χ2v) is 8.72. The number of aromatic nitrogens is 2. The van der Waals surface area contributed by atoms with Crippen LogP contribution in [0.1, 0.15) is 17.7 Å². The van der Waals surface area contributed by atoms with Gasteiger partial charge in [-0.2, -0.15) is 0 Å². The van der Waals surface area contributed by atoms with Crippen molar-refractivity contribution in [3.8, 4) is 0 Å². The standard InChI is InChI=1S/C18H21N3O4S/c1-13-14(2)19-12-21(18(13)23)11-17(22)20-9-8-16(10-20)26(24,25)15-6-4-3-5-7-15/h3-7,12,16H,8-11H2,1-2H3. The molecule has 1 amide bonds. The van der Waals surface area contributed by atoms with Gasteiger partial charge in [-0.3, -0.25) is 14.2 Å². The number of amides is 1. The van der Waals surface area contributed by atoms with Crippen molar-refractivity contribution in [3.05, 3.63) is 58.3 Å². The van der Waals surface area contributed by atoms with E-state index in [2.05, 4.69) is 4.98 Å². The van der Waals surface area contributed by atoms with Gasteiger partial charge in [0.1, 0.15) is 6.54 Å². The van der Waals surface area contributed by atoms with Crippen molar-refractivity contribution < 1.29 is 13.2 Å². The summed E-state index contributed by atoms with van der Waals surface area (Å²) in [6.45, 7) is 3.78. The van der Waals surface area contributed by atoms with Crippen LogP contribution in [-0.2, 0) is 21.2 Å². The van der Waals surface area contributed by atoms with E-state index in [0.717, 1.165) is 0 Å². The summed E-state index contributed by atoms with van der Waals surface area (Å²) in [7, 11) is -3.47. The van der Waals surface area contributed by atoms with Crippen LogP contribution in [0, 0.1) is 13.8 Å². The number of likely N-dealkylation sites (tertiary alicyclic amines) is 1. The fourth-order valence-electron chi connectivity index (χ4n) is 3.04. The first-order chi connectivity index (χ1) is 12.3. The lowest BCUT2D eigenvalue weighted by molar-refractivity contribution is -0.130. The number of aryl methyl sites for hydroxylation is 1. The molecule has 0 N–H and O–H groups in total. The molecule has 1 saturated heterocycles. The van der Waals surface area contributed by atoms with Crippen LogP contribution < -0.4 is 5.56 Å². The molecule has 1 aromatic heterocycles. The first-order valence-electron chi connectivity index (χ1n) is 8.40. The van der Waals surface area contributed by atoms with Gasteiger partial charge in [-0.05, 0) is 32.4 Å². The van der Waals surface area contributed by atoms with Crippen molar-refractivity contribution in [2.75, 3.05) is 13.1 Å². The summed E-state index contributed by atoms with van der Waals surface area (Å²) in [6.07, 6.45) is 1.75. The van der Waals surface area contributed by atoms with Gasteiger partial charge in [0.05, 0.1) is 16.5 Å². The molecule has 8 heteroatoms. The minimum Gasteiger partial charge on any atom is -0.340 e. The van der Waals surface area contributed by atoms with Crippen molar-refractivity contribution in [1.29, 1.82) is 0 Å². The van der Waals surface area contributed by atoms with E-state index in [-0.39, 0.29) is 29.5 Å². The zero-order valence-electron chi connectivity index (χ0n) is 14.8. The fraction of sp³-hybridized carbons (Fsp3) is 0.389. The van der Waals surface area contributed by atoms with Gasteiger partial charge in [-0.1, -0.05) is 18.2 Å². The van der Waals surface area contributed by atoms with Crippen LogP contribution in [0.4, 0.5) is 0 Å². The largest absolute Gasteiger partial charge is 0.340 e. The zero-order chi connectivity index (χ0) is 18.9. The van der Waals surface area contributed by atoms with Gasteiger partial charge in [0.25, 0.3) is 5.56 Å². The highest BCUT2D eigenvalue weighted by molar-refractivity contribution is 7.92. The Morgan fingerprint density at radius 1 is 1.23 bits per heavy atom. The number of benzene rings is 1. The molecule has 0 bridgehead atoms. The molecule has 26 heavy (non-hydrogen) atoms. The molecule has 1 fully saturated rings. The van der Waals surface area contributed by atoms with Crippen LogP contribution >= 0.6 is 0 Å². The number of sulfone groups is 1. The minimum atomic E-state index is -3.47. The molecule has 1 aliphatic rings. The third-order valence-electron chi connectivity index (χ3n) is 4.83. The maximum atomic E-state index is 12.7. The first-order valence-corrected chi connectivity index (χ1v) is 9.94. The Hall–Kier alpha value is -2.48. The topological polar surface area (TPSA) is 89.3 Å². The van der Waals surface area contributed by atoms with E-state index in [4.69, 9.17) is 0 Å². The Bertz CT molecular complexity index is 983. The van der Waals surface area contributed by atoms with E-state index < -0.39 is 15.1 Å². The van der Waals surface area contributed by atoms with E-state index in [0.29, 0.717) is 24.2 Å². The molecule has 138 valence electrons. The molecular weight excluding hydrogens is 354 g/mol. The molecule has 1 unspecified atom stereocenters. The second kappa shape index (κ2) is 7.03. The molecule has 2 heterocycles. The number of carbonyl (C=O) groups is 1. The van der Waals surface area contributed by atoms with E-state index in [9.17, 15) is 18.0 Å². The summed E-state index contributed by atoms with van der Waals surface area (Å²) >= 11 is 0. The van der Waals surface area contributed by atoms with Crippen molar-refractivity contribution in [1.82, 2.24) is 14.5 Å². The lowest BCUT2D eigenvalue weighted by Gasteiger charge is -2.17. The Morgan fingerprint density at radius 2 is 1.92 bits per heavy atom. The highest BCUT2D eigenvalue weighted by Crippen LogP contribution is 2.24.